The summed E-state index contributed by atoms with van der Waals surface area (Å²) in [5.74, 6) is -1.04. The minimum absolute atomic E-state index is 0.211. The fraction of sp³-hybridized carbons (Fsp3) is 0.364. The van der Waals surface area contributed by atoms with Crippen LogP contribution in [0.15, 0.2) is 48.5 Å². The second-order valence-electron chi connectivity index (χ2n) is 7.36. The van der Waals surface area contributed by atoms with Crippen LogP contribution in [0.4, 0.5) is 13.2 Å². The highest BCUT2D eigenvalue weighted by molar-refractivity contribution is 5.98. The van der Waals surface area contributed by atoms with E-state index in [-0.39, 0.29) is 11.8 Å². The summed E-state index contributed by atoms with van der Waals surface area (Å²) in [5.41, 5.74) is 0.812. The van der Waals surface area contributed by atoms with Gasteiger partial charge < -0.3 is 10.6 Å². The molecular formula is C22H25F3N2O2. The third-order valence-corrected chi connectivity index (χ3v) is 4.70. The number of hydrogen-bond acceptors (Lipinski definition) is 2. The summed E-state index contributed by atoms with van der Waals surface area (Å²) in [5, 5.41) is 5.44. The first-order valence-electron chi connectivity index (χ1n) is 9.34. The number of rotatable bonds is 6. The van der Waals surface area contributed by atoms with E-state index in [1.54, 1.807) is 45.9 Å². The summed E-state index contributed by atoms with van der Waals surface area (Å²) in [6.07, 6.45) is -4.46. The van der Waals surface area contributed by atoms with E-state index in [0.29, 0.717) is 11.1 Å². The summed E-state index contributed by atoms with van der Waals surface area (Å²) >= 11 is 0. The third-order valence-electron chi connectivity index (χ3n) is 4.70. The Balaban J connectivity index is 2.13. The molecule has 4 nitrogen and oxygen atoms in total. The summed E-state index contributed by atoms with van der Waals surface area (Å²) in [6.45, 7) is 6.98. The highest BCUT2D eigenvalue weighted by atomic mass is 19.4. The van der Waals surface area contributed by atoms with Crippen LogP contribution in [0, 0.1) is 12.8 Å². The SMILES string of the molecule is Cc1ccccc1C(=O)N[C@H](C(=O)N[C@H](C)c1cccc(C(F)(F)F)c1)C(C)C. The van der Waals surface area contributed by atoms with Crippen molar-refractivity contribution in [3.8, 4) is 0 Å². The fourth-order valence-corrected chi connectivity index (χ4v) is 2.95. The molecule has 2 rings (SSSR count). The second kappa shape index (κ2) is 9.11. The Hall–Kier alpha value is -2.83. The maximum atomic E-state index is 12.9. The third kappa shape index (κ3) is 5.82. The van der Waals surface area contributed by atoms with Crippen molar-refractivity contribution in [1.29, 1.82) is 0 Å². The van der Waals surface area contributed by atoms with Gasteiger partial charge in [-0.3, -0.25) is 9.59 Å². The number of amides is 2. The number of carbonyl (C=O) groups is 2. The molecule has 0 spiro atoms. The molecule has 0 radical (unpaired) electrons. The number of carbonyl (C=O) groups excluding carboxylic acids is 2. The van der Waals surface area contributed by atoms with Crippen LogP contribution < -0.4 is 10.6 Å². The topological polar surface area (TPSA) is 58.2 Å². The molecule has 2 amide bonds. The lowest BCUT2D eigenvalue weighted by molar-refractivity contribution is -0.137. The van der Waals surface area contributed by atoms with E-state index in [9.17, 15) is 22.8 Å². The minimum atomic E-state index is -4.46. The molecule has 0 saturated heterocycles. The lowest BCUT2D eigenvalue weighted by Gasteiger charge is -2.25. The van der Waals surface area contributed by atoms with Gasteiger partial charge in [0.05, 0.1) is 11.6 Å². The van der Waals surface area contributed by atoms with Gasteiger partial charge in [0, 0.05) is 5.56 Å². The zero-order chi connectivity index (χ0) is 21.8. The molecule has 7 heteroatoms. The van der Waals surface area contributed by atoms with Crippen molar-refractivity contribution < 1.29 is 22.8 Å². The molecule has 0 heterocycles. The predicted molar refractivity (Wildman–Crippen MR) is 105 cm³/mol. The second-order valence-corrected chi connectivity index (χ2v) is 7.36. The van der Waals surface area contributed by atoms with Crippen molar-refractivity contribution in [3.05, 3.63) is 70.8 Å². The Morgan fingerprint density at radius 3 is 2.17 bits per heavy atom. The van der Waals surface area contributed by atoms with Crippen LogP contribution in [-0.2, 0) is 11.0 Å². The standard InChI is InChI=1S/C22H25F3N2O2/c1-13(2)19(27-20(28)18-11-6-5-8-14(18)3)21(29)26-15(4)16-9-7-10-17(12-16)22(23,24)25/h5-13,15,19H,1-4H3,(H,26,29)(H,27,28)/t15-,19+/m1/s1. The van der Waals surface area contributed by atoms with Gasteiger partial charge >= 0.3 is 6.18 Å². The number of benzene rings is 2. The lowest BCUT2D eigenvalue weighted by atomic mass is 10.00. The fourth-order valence-electron chi connectivity index (χ4n) is 2.95. The largest absolute Gasteiger partial charge is 0.416 e. The molecular weight excluding hydrogens is 381 g/mol. The van der Waals surface area contributed by atoms with Crippen LogP contribution >= 0.6 is 0 Å². The Morgan fingerprint density at radius 1 is 0.931 bits per heavy atom. The lowest BCUT2D eigenvalue weighted by Crippen LogP contribution is -2.50. The van der Waals surface area contributed by atoms with E-state index in [4.69, 9.17) is 0 Å². The highest BCUT2D eigenvalue weighted by Crippen LogP contribution is 2.30. The van der Waals surface area contributed by atoms with Crippen LogP contribution in [0.5, 0.6) is 0 Å². The molecule has 0 fully saturated rings. The first-order chi connectivity index (χ1) is 13.5. The van der Waals surface area contributed by atoms with Gasteiger partial charge in [-0.05, 0) is 49.1 Å². The molecule has 0 unspecified atom stereocenters. The van der Waals surface area contributed by atoms with E-state index in [1.165, 1.54) is 12.1 Å². The molecule has 29 heavy (non-hydrogen) atoms. The van der Waals surface area contributed by atoms with E-state index in [1.807, 2.05) is 6.07 Å². The van der Waals surface area contributed by atoms with E-state index in [2.05, 4.69) is 10.6 Å². The smallest absolute Gasteiger partial charge is 0.348 e. The molecule has 2 N–H and O–H groups in total. The molecule has 156 valence electrons. The summed E-state index contributed by atoms with van der Waals surface area (Å²) < 4.78 is 38.8. The Bertz CT molecular complexity index is 878. The molecule has 0 aromatic heterocycles. The molecule has 2 aromatic rings. The van der Waals surface area contributed by atoms with Crippen molar-refractivity contribution >= 4 is 11.8 Å². The van der Waals surface area contributed by atoms with Gasteiger partial charge in [-0.2, -0.15) is 13.2 Å². The van der Waals surface area contributed by atoms with Gasteiger partial charge in [0.25, 0.3) is 5.91 Å². The average Bonchev–Trinajstić information content (AvgIpc) is 2.65. The van der Waals surface area contributed by atoms with Crippen LogP contribution in [0.1, 0.15) is 53.9 Å². The predicted octanol–water partition coefficient (Wildman–Crippen LogP) is 4.65. The number of alkyl halides is 3. The molecule has 0 saturated carbocycles. The molecule has 0 bridgehead atoms. The van der Waals surface area contributed by atoms with Gasteiger partial charge in [0.15, 0.2) is 0 Å². The molecule has 0 aliphatic heterocycles. The van der Waals surface area contributed by atoms with Crippen molar-refractivity contribution in [2.24, 2.45) is 5.92 Å². The van der Waals surface area contributed by atoms with Crippen LogP contribution in [-0.4, -0.2) is 17.9 Å². The average molecular weight is 406 g/mol. The van der Waals surface area contributed by atoms with Gasteiger partial charge in [0.1, 0.15) is 6.04 Å². The number of nitrogens with one attached hydrogen (secondary N) is 2. The molecule has 0 aliphatic carbocycles. The zero-order valence-electron chi connectivity index (χ0n) is 16.8. The van der Waals surface area contributed by atoms with Crippen molar-refractivity contribution in [1.82, 2.24) is 10.6 Å². The molecule has 2 atom stereocenters. The normalized spacial score (nSPS) is 13.7. The van der Waals surface area contributed by atoms with Crippen LogP contribution in [0.3, 0.4) is 0 Å². The summed E-state index contributed by atoms with van der Waals surface area (Å²) in [4.78, 5) is 25.3. The molecule has 0 aliphatic rings. The number of aryl methyl sites for hydroxylation is 1. The maximum absolute atomic E-state index is 12.9. The maximum Gasteiger partial charge on any atom is 0.416 e. The monoisotopic (exact) mass is 406 g/mol. The first kappa shape index (κ1) is 22.5. The van der Waals surface area contributed by atoms with E-state index in [0.717, 1.165) is 17.7 Å². The zero-order valence-corrected chi connectivity index (χ0v) is 16.8. The Kier molecular flexibility index (Phi) is 7.06. The molecule has 2 aromatic carbocycles. The minimum Gasteiger partial charge on any atom is -0.348 e. The number of halogens is 3. The summed E-state index contributed by atoms with van der Waals surface area (Å²) in [7, 11) is 0. The van der Waals surface area contributed by atoms with Crippen molar-refractivity contribution in [2.45, 2.75) is 46.0 Å². The number of hydrogen-bond donors (Lipinski definition) is 2. The van der Waals surface area contributed by atoms with E-state index >= 15 is 0 Å². The summed E-state index contributed by atoms with van der Waals surface area (Å²) in [6, 6.07) is 10.4. The Morgan fingerprint density at radius 2 is 1.59 bits per heavy atom. The van der Waals surface area contributed by atoms with Crippen LogP contribution in [0.2, 0.25) is 0 Å². The van der Waals surface area contributed by atoms with Gasteiger partial charge in [0.2, 0.25) is 5.91 Å². The quantitative estimate of drug-likeness (QED) is 0.734. The van der Waals surface area contributed by atoms with Gasteiger partial charge in [-0.25, -0.2) is 0 Å². The Labute approximate surface area is 168 Å². The first-order valence-corrected chi connectivity index (χ1v) is 9.34. The van der Waals surface area contributed by atoms with Gasteiger partial charge in [-0.1, -0.05) is 44.2 Å². The van der Waals surface area contributed by atoms with Crippen molar-refractivity contribution in [2.75, 3.05) is 0 Å². The highest BCUT2D eigenvalue weighted by Gasteiger charge is 2.31. The van der Waals surface area contributed by atoms with Gasteiger partial charge in [-0.15, -0.1) is 0 Å². The van der Waals surface area contributed by atoms with Crippen LogP contribution in [0.25, 0.3) is 0 Å². The van der Waals surface area contributed by atoms with Crippen molar-refractivity contribution in [3.63, 3.8) is 0 Å². The van der Waals surface area contributed by atoms with E-state index < -0.39 is 29.7 Å².